The first-order valence-electron chi connectivity index (χ1n) is 12.3. The van der Waals surface area contributed by atoms with Crippen molar-refractivity contribution in [3.63, 3.8) is 0 Å². The predicted molar refractivity (Wildman–Crippen MR) is 158 cm³/mol. The van der Waals surface area contributed by atoms with Gasteiger partial charge in [0.05, 0.1) is 27.1 Å². The number of nitro groups is 1. The van der Waals surface area contributed by atoms with E-state index in [0.717, 1.165) is 15.6 Å². The number of hydrogen-bond acceptors (Lipinski definition) is 7. The molecule has 9 nitrogen and oxygen atoms in total. The Morgan fingerprint density at radius 1 is 1.00 bits per heavy atom. The van der Waals surface area contributed by atoms with E-state index in [1.54, 1.807) is 54.6 Å². The summed E-state index contributed by atoms with van der Waals surface area (Å²) in [6, 6.07) is 25.7. The Hall–Kier alpha value is -4.99. The van der Waals surface area contributed by atoms with Gasteiger partial charge in [-0.1, -0.05) is 65.7 Å². The van der Waals surface area contributed by atoms with Gasteiger partial charge >= 0.3 is 5.69 Å². The van der Waals surface area contributed by atoms with E-state index in [9.17, 15) is 14.9 Å². The standard InChI is InChI=1S/C30H18Cl2N4O5/c31-21-11-9-18(10-12-21)17-40-28-23(32)13-19(14-25(28)36(38)39)16-33-35-29(27-15-20-5-1-4-8-26(20)41-27)34-24-7-3-2-6-22(24)30(35)37/h1-16H,17H2. The molecule has 2 aromatic heterocycles. The molecule has 0 aliphatic carbocycles. The fourth-order valence-corrected chi connectivity index (χ4v) is 4.70. The molecule has 0 unspecified atom stereocenters. The fourth-order valence-electron chi connectivity index (χ4n) is 4.30. The second-order valence-electron chi connectivity index (χ2n) is 8.99. The molecule has 202 valence electrons. The zero-order chi connectivity index (χ0) is 28.5. The largest absolute Gasteiger partial charge is 0.481 e. The molecule has 0 amide bonds. The Bertz CT molecular complexity index is 2000. The van der Waals surface area contributed by atoms with E-state index in [0.29, 0.717) is 27.3 Å². The normalized spacial score (nSPS) is 11.5. The van der Waals surface area contributed by atoms with Crippen LogP contribution in [0.4, 0.5) is 5.69 Å². The van der Waals surface area contributed by atoms with Crippen molar-refractivity contribution in [2.24, 2.45) is 5.10 Å². The smallest absolute Gasteiger partial charge is 0.313 e. The van der Waals surface area contributed by atoms with Crippen LogP contribution in [0.25, 0.3) is 33.5 Å². The molecule has 0 saturated carbocycles. The quantitative estimate of drug-likeness (QED) is 0.109. The van der Waals surface area contributed by atoms with E-state index in [-0.39, 0.29) is 34.5 Å². The minimum atomic E-state index is -0.593. The van der Waals surface area contributed by atoms with Gasteiger partial charge in [0.25, 0.3) is 5.56 Å². The van der Waals surface area contributed by atoms with Crippen LogP contribution in [0.5, 0.6) is 5.75 Å². The summed E-state index contributed by atoms with van der Waals surface area (Å²) in [5.74, 6) is 0.419. The third kappa shape index (κ3) is 5.28. The molecule has 4 aromatic carbocycles. The number of ether oxygens (including phenoxy) is 1. The lowest BCUT2D eigenvalue weighted by molar-refractivity contribution is -0.385. The zero-order valence-corrected chi connectivity index (χ0v) is 22.5. The lowest BCUT2D eigenvalue weighted by atomic mass is 10.2. The molecular weight excluding hydrogens is 567 g/mol. The molecule has 0 N–H and O–H groups in total. The Kier molecular flexibility index (Phi) is 6.96. The summed E-state index contributed by atoms with van der Waals surface area (Å²) >= 11 is 12.3. The Morgan fingerprint density at radius 2 is 1.76 bits per heavy atom. The monoisotopic (exact) mass is 584 g/mol. The molecule has 6 rings (SSSR count). The van der Waals surface area contributed by atoms with Gasteiger partial charge in [-0.05, 0) is 48.0 Å². The number of nitrogens with zero attached hydrogens (tertiary/aromatic N) is 4. The molecule has 2 heterocycles. The lowest BCUT2D eigenvalue weighted by Crippen LogP contribution is -2.20. The van der Waals surface area contributed by atoms with Gasteiger partial charge in [-0.2, -0.15) is 9.78 Å². The first-order chi connectivity index (χ1) is 19.9. The Labute approximate surface area is 242 Å². The number of nitro benzene ring substituents is 1. The van der Waals surface area contributed by atoms with Gasteiger partial charge in [0.2, 0.25) is 11.6 Å². The highest BCUT2D eigenvalue weighted by atomic mass is 35.5. The van der Waals surface area contributed by atoms with Gasteiger partial charge in [0.1, 0.15) is 12.2 Å². The van der Waals surface area contributed by atoms with Gasteiger partial charge in [0.15, 0.2) is 5.76 Å². The predicted octanol–water partition coefficient (Wildman–Crippen LogP) is 7.49. The molecule has 0 atom stereocenters. The molecule has 0 bridgehead atoms. The van der Waals surface area contributed by atoms with Crippen LogP contribution in [0.1, 0.15) is 11.1 Å². The molecule has 0 radical (unpaired) electrons. The van der Waals surface area contributed by atoms with E-state index in [2.05, 4.69) is 10.1 Å². The summed E-state index contributed by atoms with van der Waals surface area (Å²) in [5.41, 5.74) is 1.33. The van der Waals surface area contributed by atoms with Crippen LogP contribution in [-0.4, -0.2) is 20.8 Å². The lowest BCUT2D eigenvalue weighted by Gasteiger charge is -2.10. The topological polar surface area (TPSA) is 113 Å². The van der Waals surface area contributed by atoms with Gasteiger partial charge < -0.3 is 9.15 Å². The number of rotatable bonds is 7. The van der Waals surface area contributed by atoms with Crippen LogP contribution in [0, 0.1) is 10.1 Å². The van der Waals surface area contributed by atoms with Gasteiger partial charge in [-0.3, -0.25) is 14.9 Å². The van der Waals surface area contributed by atoms with Crippen LogP contribution < -0.4 is 10.3 Å². The number of fused-ring (bicyclic) bond motifs is 2. The Morgan fingerprint density at radius 3 is 2.54 bits per heavy atom. The van der Waals surface area contributed by atoms with E-state index < -0.39 is 10.5 Å². The molecular formula is C30H18Cl2N4O5. The highest BCUT2D eigenvalue weighted by Crippen LogP contribution is 2.36. The summed E-state index contributed by atoms with van der Waals surface area (Å²) in [4.78, 5) is 29.5. The van der Waals surface area contributed by atoms with Gasteiger partial charge in [0, 0.05) is 22.0 Å². The molecule has 0 aliphatic heterocycles. The second kappa shape index (κ2) is 10.9. The highest BCUT2D eigenvalue weighted by molar-refractivity contribution is 6.32. The molecule has 0 fully saturated rings. The van der Waals surface area contributed by atoms with E-state index >= 15 is 0 Å². The molecule has 0 spiro atoms. The average Bonchev–Trinajstić information content (AvgIpc) is 3.41. The maximum atomic E-state index is 13.5. The third-order valence-corrected chi connectivity index (χ3v) is 6.79. The maximum Gasteiger partial charge on any atom is 0.313 e. The Balaban J connectivity index is 1.41. The molecule has 0 aliphatic rings. The number of para-hydroxylation sites is 2. The van der Waals surface area contributed by atoms with Crippen LogP contribution in [0.15, 0.2) is 105 Å². The number of hydrogen-bond donors (Lipinski definition) is 0. The van der Waals surface area contributed by atoms with Gasteiger partial charge in [-0.15, -0.1) is 0 Å². The number of halogens is 2. The SMILES string of the molecule is O=c1c2ccccc2nc(-c2cc3ccccc3o2)n1N=Cc1cc(Cl)c(OCc2ccc(Cl)cc2)c([N+](=O)[O-])c1. The van der Waals surface area contributed by atoms with Crippen LogP contribution >= 0.6 is 23.2 Å². The summed E-state index contributed by atoms with van der Waals surface area (Å²) in [5, 5.41) is 18.0. The van der Waals surface area contributed by atoms with Crippen LogP contribution in [0.3, 0.4) is 0 Å². The number of furan rings is 1. The fraction of sp³-hybridized carbons (Fsp3) is 0.0333. The number of aromatic nitrogens is 2. The van der Waals surface area contributed by atoms with Crippen LogP contribution in [-0.2, 0) is 6.61 Å². The maximum absolute atomic E-state index is 13.5. The summed E-state index contributed by atoms with van der Waals surface area (Å²) in [6.45, 7) is 0.0458. The first kappa shape index (κ1) is 26.2. The van der Waals surface area contributed by atoms with E-state index in [1.807, 2.05) is 24.3 Å². The third-order valence-electron chi connectivity index (χ3n) is 6.26. The van der Waals surface area contributed by atoms with Gasteiger partial charge in [-0.25, -0.2) is 4.98 Å². The molecule has 0 saturated heterocycles. The van der Waals surface area contributed by atoms with Crippen molar-refractivity contribution >= 4 is 57.0 Å². The van der Waals surface area contributed by atoms with Crippen molar-refractivity contribution in [2.45, 2.75) is 6.61 Å². The van der Waals surface area contributed by atoms with E-state index in [1.165, 1.54) is 18.3 Å². The van der Waals surface area contributed by atoms with Crippen molar-refractivity contribution in [1.82, 2.24) is 9.66 Å². The van der Waals surface area contributed by atoms with Crippen molar-refractivity contribution in [2.75, 3.05) is 0 Å². The van der Waals surface area contributed by atoms with E-state index in [4.69, 9.17) is 32.4 Å². The second-order valence-corrected chi connectivity index (χ2v) is 9.83. The van der Waals surface area contributed by atoms with Crippen molar-refractivity contribution in [3.8, 4) is 17.3 Å². The summed E-state index contributed by atoms with van der Waals surface area (Å²) < 4.78 is 12.8. The first-order valence-corrected chi connectivity index (χ1v) is 13.0. The minimum Gasteiger partial charge on any atom is -0.481 e. The van der Waals surface area contributed by atoms with Crippen molar-refractivity contribution in [3.05, 3.63) is 133 Å². The van der Waals surface area contributed by atoms with Crippen molar-refractivity contribution in [1.29, 1.82) is 0 Å². The van der Waals surface area contributed by atoms with Crippen molar-refractivity contribution < 1.29 is 14.1 Å². The van der Waals surface area contributed by atoms with Crippen LogP contribution in [0.2, 0.25) is 10.0 Å². The zero-order valence-electron chi connectivity index (χ0n) is 21.0. The molecule has 41 heavy (non-hydrogen) atoms. The molecule has 11 heteroatoms. The average molecular weight is 585 g/mol. The summed E-state index contributed by atoms with van der Waals surface area (Å²) in [6.07, 6.45) is 1.30. The minimum absolute atomic E-state index is 0.0103. The number of benzene rings is 4. The summed E-state index contributed by atoms with van der Waals surface area (Å²) in [7, 11) is 0. The highest BCUT2D eigenvalue weighted by Gasteiger charge is 2.21. The molecule has 6 aromatic rings.